The van der Waals surface area contributed by atoms with E-state index >= 15 is 0 Å². The number of amides is 1. The molecule has 1 N–H and O–H groups in total. The van der Waals surface area contributed by atoms with Gasteiger partial charge in [0.1, 0.15) is 12.3 Å². The van der Waals surface area contributed by atoms with E-state index in [2.05, 4.69) is 10.1 Å². The molecule has 18 heavy (non-hydrogen) atoms. The van der Waals surface area contributed by atoms with E-state index in [4.69, 9.17) is 4.74 Å². The second-order valence-corrected chi connectivity index (χ2v) is 3.85. The number of hydrogen-bond acceptors (Lipinski definition) is 5. The lowest BCUT2D eigenvalue weighted by Crippen LogP contribution is -2.35. The van der Waals surface area contributed by atoms with Gasteiger partial charge < -0.3 is 19.7 Å². The van der Waals surface area contributed by atoms with Crippen LogP contribution in [0, 0.1) is 0 Å². The van der Waals surface area contributed by atoms with Crippen molar-refractivity contribution in [2.45, 2.75) is 0 Å². The number of fused-ring (bicyclic) bond motifs is 1. The summed E-state index contributed by atoms with van der Waals surface area (Å²) < 4.78 is 9.83. The van der Waals surface area contributed by atoms with Crippen molar-refractivity contribution in [2.24, 2.45) is 0 Å². The summed E-state index contributed by atoms with van der Waals surface area (Å²) in [6, 6.07) is 5.30. The van der Waals surface area contributed by atoms with Gasteiger partial charge in [-0.25, -0.2) is 0 Å². The fourth-order valence-electron chi connectivity index (χ4n) is 1.63. The van der Waals surface area contributed by atoms with Gasteiger partial charge in [-0.2, -0.15) is 0 Å². The number of nitrogens with one attached hydrogen (secondary N) is 1. The SMILES string of the molecule is COC(=O)CNc1ccc2c(c1)N(C)C(=O)CO2. The van der Waals surface area contributed by atoms with E-state index in [-0.39, 0.29) is 25.0 Å². The molecule has 0 saturated heterocycles. The lowest BCUT2D eigenvalue weighted by Gasteiger charge is -2.26. The maximum atomic E-state index is 11.5. The molecule has 1 aromatic rings. The largest absolute Gasteiger partial charge is 0.482 e. The highest BCUT2D eigenvalue weighted by atomic mass is 16.5. The van der Waals surface area contributed by atoms with Gasteiger partial charge in [0.05, 0.1) is 12.8 Å². The number of anilines is 2. The maximum absolute atomic E-state index is 11.5. The van der Waals surface area contributed by atoms with Crippen molar-refractivity contribution in [3.05, 3.63) is 18.2 Å². The molecule has 6 heteroatoms. The normalized spacial score (nSPS) is 13.7. The highest BCUT2D eigenvalue weighted by Gasteiger charge is 2.22. The summed E-state index contributed by atoms with van der Waals surface area (Å²) in [5.74, 6) is 0.196. The fraction of sp³-hybridized carbons (Fsp3) is 0.333. The van der Waals surface area contributed by atoms with E-state index in [0.717, 1.165) is 5.69 Å². The lowest BCUT2D eigenvalue weighted by atomic mass is 10.2. The maximum Gasteiger partial charge on any atom is 0.325 e. The third-order valence-corrected chi connectivity index (χ3v) is 2.71. The number of carbonyl (C=O) groups is 2. The quantitative estimate of drug-likeness (QED) is 0.797. The van der Waals surface area contributed by atoms with Crippen LogP contribution in [0.4, 0.5) is 11.4 Å². The molecule has 0 aromatic heterocycles. The Kier molecular flexibility index (Phi) is 3.36. The lowest BCUT2D eigenvalue weighted by molar-refractivity contribution is -0.138. The van der Waals surface area contributed by atoms with E-state index < -0.39 is 0 Å². The first-order valence-electron chi connectivity index (χ1n) is 5.46. The van der Waals surface area contributed by atoms with Gasteiger partial charge in [-0.3, -0.25) is 9.59 Å². The predicted molar refractivity (Wildman–Crippen MR) is 65.9 cm³/mol. The molecule has 0 unspecified atom stereocenters. The van der Waals surface area contributed by atoms with Crippen LogP contribution in [-0.2, 0) is 14.3 Å². The van der Waals surface area contributed by atoms with E-state index in [1.54, 1.807) is 25.2 Å². The van der Waals surface area contributed by atoms with Crippen molar-refractivity contribution >= 4 is 23.3 Å². The average Bonchev–Trinajstić information content (AvgIpc) is 2.40. The van der Waals surface area contributed by atoms with Crippen LogP contribution in [0.1, 0.15) is 0 Å². The number of carbonyl (C=O) groups excluding carboxylic acids is 2. The van der Waals surface area contributed by atoms with Crippen LogP contribution >= 0.6 is 0 Å². The van der Waals surface area contributed by atoms with Gasteiger partial charge in [-0.1, -0.05) is 0 Å². The van der Waals surface area contributed by atoms with E-state index in [0.29, 0.717) is 11.4 Å². The zero-order valence-corrected chi connectivity index (χ0v) is 10.2. The molecule has 1 amide bonds. The zero-order chi connectivity index (χ0) is 13.1. The molecule has 0 radical (unpaired) electrons. The van der Waals surface area contributed by atoms with Crippen LogP contribution in [-0.4, -0.2) is 39.2 Å². The summed E-state index contributed by atoms with van der Waals surface area (Å²) in [6.07, 6.45) is 0. The number of nitrogens with zero attached hydrogens (tertiary/aromatic N) is 1. The smallest absolute Gasteiger partial charge is 0.325 e. The first-order chi connectivity index (χ1) is 8.61. The Bertz CT molecular complexity index is 487. The second-order valence-electron chi connectivity index (χ2n) is 3.85. The van der Waals surface area contributed by atoms with Crippen molar-refractivity contribution < 1.29 is 19.1 Å². The highest BCUT2D eigenvalue weighted by molar-refractivity contribution is 5.98. The van der Waals surface area contributed by atoms with Gasteiger partial charge in [0.2, 0.25) is 0 Å². The number of benzene rings is 1. The van der Waals surface area contributed by atoms with Crippen LogP contribution in [0.3, 0.4) is 0 Å². The summed E-state index contributed by atoms with van der Waals surface area (Å²) in [7, 11) is 3.02. The monoisotopic (exact) mass is 250 g/mol. The second kappa shape index (κ2) is 4.95. The number of hydrogen-bond donors (Lipinski definition) is 1. The topological polar surface area (TPSA) is 67.9 Å². The minimum atomic E-state index is -0.353. The van der Waals surface area contributed by atoms with Crippen LogP contribution in [0.15, 0.2) is 18.2 Å². The van der Waals surface area contributed by atoms with Gasteiger partial charge in [0, 0.05) is 12.7 Å². The van der Waals surface area contributed by atoms with Crippen molar-refractivity contribution in [1.29, 1.82) is 0 Å². The van der Waals surface area contributed by atoms with E-state index in [1.807, 2.05) is 0 Å². The minimum Gasteiger partial charge on any atom is -0.482 e. The molecule has 0 atom stereocenters. The zero-order valence-electron chi connectivity index (χ0n) is 10.2. The minimum absolute atomic E-state index is 0.0540. The number of esters is 1. The molecule has 1 aliphatic rings. The first kappa shape index (κ1) is 12.2. The number of ether oxygens (including phenoxy) is 2. The Balaban J connectivity index is 2.16. The van der Waals surface area contributed by atoms with Crippen LogP contribution < -0.4 is 15.0 Å². The van der Waals surface area contributed by atoms with Crippen LogP contribution in [0.2, 0.25) is 0 Å². The van der Waals surface area contributed by atoms with Gasteiger partial charge >= 0.3 is 5.97 Å². The van der Waals surface area contributed by atoms with Gasteiger partial charge in [-0.15, -0.1) is 0 Å². The average molecular weight is 250 g/mol. The first-order valence-corrected chi connectivity index (χ1v) is 5.46. The van der Waals surface area contributed by atoms with E-state index in [1.165, 1.54) is 12.0 Å². The van der Waals surface area contributed by atoms with Crippen molar-refractivity contribution in [1.82, 2.24) is 0 Å². The third kappa shape index (κ3) is 2.37. The Hall–Kier alpha value is -2.24. The summed E-state index contributed by atoms with van der Waals surface area (Å²) in [5.41, 5.74) is 1.41. The van der Waals surface area contributed by atoms with Crippen molar-refractivity contribution in [2.75, 3.05) is 37.5 Å². The van der Waals surface area contributed by atoms with Gasteiger partial charge in [0.15, 0.2) is 6.61 Å². The molecular formula is C12H14N2O4. The summed E-state index contributed by atoms with van der Waals surface area (Å²) in [5, 5.41) is 2.91. The molecule has 0 aliphatic carbocycles. The summed E-state index contributed by atoms with van der Waals surface area (Å²) in [6.45, 7) is 0.131. The van der Waals surface area contributed by atoms with Gasteiger partial charge in [-0.05, 0) is 18.2 Å². The highest BCUT2D eigenvalue weighted by Crippen LogP contribution is 2.33. The number of rotatable bonds is 3. The molecule has 0 spiro atoms. The van der Waals surface area contributed by atoms with Crippen LogP contribution in [0.25, 0.3) is 0 Å². The number of likely N-dealkylation sites (N-methyl/N-ethyl adjacent to an activating group) is 1. The molecule has 1 aliphatic heterocycles. The third-order valence-electron chi connectivity index (χ3n) is 2.71. The molecule has 2 rings (SSSR count). The Morgan fingerprint density at radius 3 is 3.06 bits per heavy atom. The standard InChI is InChI=1S/C12H14N2O4/c1-14-9-5-8(13-6-12(16)17-2)3-4-10(9)18-7-11(14)15/h3-5,13H,6-7H2,1-2H3. The molecule has 0 saturated carbocycles. The van der Waals surface area contributed by atoms with Crippen molar-refractivity contribution in [3.63, 3.8) is 0 Å². The van der Waals surface area contributed by atoms with E-state index in [9.17, 15) is 9.59 Å². The molecule has 0 fully saturated rings. The number of methoxy groups -OCH3 is 1. The predicted octanol–water partition coefficient (Wildman–Crippen LogP) is 0.627. The summed E-state index contributed by atoms with van der Waals surface area (Å²) in [4.78, 5) is 24.0. The fourth-order valence-corrected chi connectivity index (χ4v) is 1.63. The molecule has 96 valence electrons. The van der Waals surface area contributed by atoms with Gasteiger partial charge in [0.25, 0.3) is 5.91 Å². The molecule has 0 bridgehead atoms. The van der Waals surface area contributed by atoms with Crippen LogP contribution in [0.5, 0.6) is 5.75 Å². The van der Waals surface area contributed by atoms with Crippen molar-refractivity contribution in [3.8, 4) is 5.75 Å². The Morgan fingerprint density at radius 1 is 1.56 bits per heavy atom. The summed E-state index contributed by atoms with van der Waals surface area (Å²) >= 11 is 0. The molecule has 1 heterocycles. The Morgan fingerprint density at radius 2 is 2.33 bits per heavy atom. The molecule has 6 nitrogen and oxygen atoms in total. The Labute approximate surface area is 104 Å². The molecule has 1 aromatic carbocycles. The molecular weight excluding hydrogens is 236 g/mol.